The van der Waals surface area contributed by atoms with Crippen molar-refractivity contribution in [2.45, 2.75) is 52.0 Å². The van der Waals surface area contributed by atoms with E-state index in [1.807, 2.05) is 0 Å². The molecule has 1 unspecified atom stereocenters. The van der Waals surface area contributed by atoms with E-state index in [0.29, 0.717) is 12.0 Å². The van der Waals surface area contributed by atoms with E-state index in [0.717, 1.165) is 0 Å². The maximum absolute atomic E-state index is 3.73. The molecule has 0 bridgehead atoms. The van der Waals surface area contributed by atoms with Gasteiger partial charge in [-0.05, 0) is 35.6 Å². The van der Waals surface area contributed by atoms with Crippen LogP contribution in [0.3, 0.4) is 0 Å². The van der Waals surface area contributed by atoms with Crippen LogP contribution in [-0.2, 0) is 0 Å². The Morgan fingerprint density at radius 3 is 2.29 bits per heavy atom. The summed E-state index contributed by atoms with van der Waals surface area (Å²) in [6.07, 6.45) is 3.65. The van der Waals surface area contributed by atoms with E-state index < -0.39 is 0 Å². The van der Waals surface area contributed by atoms with Crippen molar-refractivity contribution in [2.75, 3.05) is 5.32 Å². The van der Waals surface area contributed by atoms with Gasteiger partial charge in [-0.25, -0.2) is 0 Å². The molecular formula is C20H27N. The lowest BCUT2D eigenvalue weighted by Crippen LogP contribution is -2.11. The minimum atomic E-state index is 0.397. The van der Waals surface area contributed by atoms with Gasteiger partial charge in [0.1, 0.15) is 0 Å². The molecule has 2 rings (SSSR count). The number of hydrogen-bond acceptors (Lipinski definition) is 1. The van der Waals surface area contributed by atoms with Crippen molar-refractivity contribution in [3.63, 3.8) is 0 Å². The zero-order chi connectivity index (χ0) is 15.1. The van der Waals surface area contributed by atoms with Gasteiger partial charge in [-0.1, -0.05) is 76.1 Å². The van der Waals surface area contributed by atoms with Crippen LogP contribution >= 0.6 is 0 Å². The van der Waals surface area contributed by atoms with Crippen molar-refractivity contribution in [3.05, 3.63) is 65.7 Å². The molecule has 112 valence electrons. The predicted molar refractivity (Wildman–Crippen MR) is 92.9 cm³/mol. The second-order valence-corrected chi connectivity index (χ2v) is 6.03. The van der Waals surface area contributed by atoms with E-state index in [1.54, 1.807) is 0 Å². The van der Waals surface area contributed by atoms with E-state index in [4.69, 9.17) is 0 Å². The molecule has 0 aliphatic carbocycles. The van der Waals surface area contributed by atoms with Crippen LogP contribution in [0.4, 0.5) is 5.69 Å². The smallest absolute Gasteiger partial charge is 0.0513 e. The van der Waals surface area contributed by atoms with Gasteiger partial charge < -0.3 is 5.32 Å². The van der Waals surface area contributed by atoms with Crippen LogP contribution in [0.25, 0.3) is 0 Å². The summed E-state index contributed by atoms with van der Waals surface area (Å²) in [4.78, 5) is 0. The van der Waals surface area contributed by atoms with Gasteiger partial charge in [0.05, 0.1) is 6.04 Å². The second-order valence-electron chi connectivity index (χ2n) is 6.03. The molecular weight excluding hydrogens is 254 g/mol. The number of hydrogen-bond donors (Lipinski definition) is 1. The summed E-state index contributed by atoms with van der Waals surface area (Å²) < 4.78 is 0. The van der Waals surface area contributed by atoms with Crippen molar-refractivity contribution >= 4 is 5.69 Å². The maximum Gasteiger partial charge on any atom is 0.0513 e. The Bertz CT molecular complexity index is 531. The van der Waals surface area contributed by atoms with Crippen molar-refractivity contribution in [3.8, 4) is 0 Å². The van der Waals surface area contributed by atoms with Crippen molar-refractivity contribution < 1.29 is 0 Å². The number of anilines is 1. The van der Waals surface area contributed by atoms with Crippen LogP contribution < -0.4 is 5.32 Å². The van der Waals surface area contributed by atoms with Crippen LogP contribution in [-0.4, -0.2) is 0 Å². The maximum atomic E-state index is 3.73. The largest absolute Gasteiger partial charge is 0.378 e. The van der Waals surface area contributed by atoms with Gasteiger partial charge in [0.2, 0.25) is 0 Å². The highest BCUT2D eigenvalue weighted by Crippen LogP contribution is 2.26. The Morgan fingerprint density at radius 2 is 1.62 bits per heavy atom. The first-order chi connectivity index (χ1) is 10.2. The highest BCUT2D eigenvalue weighted by atomic mass is 14.9. The Kier molecular flexibility index (Phi) is 5.86. The topological polar surface area (TPSA) is 12.0 Å². The molecule has 0 amide bonds. The first-order valence-corrected chi connectivity index (χ1v) is 8.12. The predicted octanol–water partition coefficient (Wildman–Crippen LogP) is 6.15. The molecule has 2 aromatic rings. The molecule has 0 saturated heterocycles. The average molecular weight is 281 g/mol. The monoisotopic (exact) mass is 281 g/mol. The van der Waals surface area contributed by atoms with Crippen LogP contribution in [0.15, 0.2) is 54.6 Å². The minimum Gasteiger partial charge on any atom is -0.378 e. The molecule has 0 aromatic heterocycles. The lowest BCUT2D eigenvalue weighted by Gasteiger charge is -2.21. The van der Waals surface area contributed by atoms with Gasteiger partial charge in [0.15, 0.2) is 0 Å². The van der Waals surface area contributed by atoms with E-state index in [1.165, 1.54) is 36.1 Å². The number of unbranched alkanes of at least 4 members (excludes halogenated alkanes) is 1. The molecule has 0 spiro atoms. The van der Waals surface area contributed by atoms with Gasteiger partial charge in [-0.3, -0.25) is 0 Å². The van der Waals surface area contributed by atoms with E-state index in [-0.39, 0.29) is 0 Å². The molecule has 0 radical (unpaired) electrons. The highest BCUT2D eigenvalue weighted by molar-refractivity contribution is 5.48. The standard InChI is InChI=1S/C20H27N/c1-4-5-14-20(17-10-7-6-8-11-17)21-19-13-9-12-18(15-19)16(2)3/h6-13,15-16,20-21H,4-5,14H2,1-3H3. The van der Waals surface area contributed by atoms with Crippen LogP contribution in [0.1, 0.15) is 63.1 Å². The first kappa shape index (κ1) is 15.6. The third-order valence-corrected chi connectivity index (χ3v) is 3.94. The molecule has 21 heavy (non-hydrogen) atoms. The van der Waals surface area contributed by atoms with Crippen LogP contribution in [0.5, 0.6) is 0 Å². The molecule has 0 aliphatic heterocycles. The van der Waals surface area contributed by atoms with Gasteiger partial charge in [-0.2, -0.15) is 0 Å². The molecule has 1 N–H and O–H groups in total. The zero-order valence-electron chi connectivity index (χ0n) is 13.5. The molecule has 0 aliphatic rings. The average Bonchev–Trinajstić information content (AvgIpc) is 2.52. The summed E-state index contributed by atoms with van der Waals surface area (Å²) in [5.74, 6) is 0.567. The molecule has 0 heterocycles. The fourth-order valence-corrected chi connectivity index (χ4v) is 2.60. The molecule has 1 nitrogen and oxygen atoms in total. The third kappa shape index (κ3) is 4.63. The second kappa shape index (κ2) is 7.87. The number of rotatable bonds is 7. The summed E-state index contributed by atoms with van der Waals surface area (Å²) in [6.45, 7) is 6.73. The summed E-state index contributed by atoms with van der Waals surface area (Å²) in [7, 11) is 0. The first-order valence-electron chi connectivity index (χ1n) is 8.12. The molecule has 2 aromatic carbocycles. The SMILES string of the molecule is CCCCC(Nc1cccc(C(C)C)c1)c1ccccc1. The summed E-state index contributed by atoms with van der Waals surface area (Å²) in [5, 5.41) is 3.73. The molecule has 0 saturated carbocycles. The third-order valence-electron chi connectivity index (χ3n) is 3.94. The van der Waals surface area contributed by atoms with Crippen molar-refractivity contribution in [2.24, 2.45) is 0 Å². The number of nitrogens with one attached hydrogen (secondary N) is 1. The van der Waals surface area contributed by atoms with E-state index in [2.05, 4.69) is 80.7 Å². The van der Waals surface area contributed by atoms with Gasteiger partial charge >= 0.3 is 0 Å². The number of benzene rings is 2. The fourth-order valence-electron chi connectivity index (χ4n) is 2.60. The molecule has 0 fully saturated rings. The summed E-state index contributed by atoms with van der Waals surface area (Å²) in [6, 6.07) is 20.0. The Balaban J connectivity index is 2.16. The Labute approximate surface area is 129 Å². The lowest BCUT2D eigenvalue weighted by atomic mass is 9.99. The normalized spacial score (nSPS) is 12.4. The minimum absolute atomic E-state index is 0.397. The van der Waals surface area contributed by atoms with Crippen molar-refractivity contribution in [1.29, 1.82) is 0 Å². The molecule has 1 atom stereocenters. The Hall–Kier alpha value is -1.76. The molecule has 1 heteroatoms. The van der Waals surface area contributed by atoms with Crippen molar-refractivity contribution in [1.82, 2.24) is 0 Å². The zero-order valence-corrected chi connectivity index (χ0v) is 13.5. The van der Waals surface area contributed by atoms with E-state index in [9.17, 15) is 0 Å². The highest BCUT2D eigenvalue weighted by Gasteiger charge is 2.11. The van der Waals surface area contributed by atoms with Gasteiger partial charge in [0, 0.05) is 5.69 Å². The quantitative estimate of drug-likeness (QED) is 0.641. The van der Waals surface area contributed by atoms with E-state index >= 15 is 0 Å². The van der Waals surface area contributed by atoms with Crippen LogP contribution in [0, 0.1) is 0 Å². The van der Waals surface area contributed by atoms with Crippen LogP contribution in [0.2, 0.25) is 0 Å². The van der Waals surface area contributed by atoms with Gasteiger partial charge in [-0.15, -0.1) is 0 Å². The Morgan fingerprint density at radius 1 is 0.905 bits per heavy atom. The summed E-state index contributed by atoms with van der Waals surface area (Å²) in [5.41, 5.74) is 3.99. The summed E-state index contributed by atoms with van der Waals surface area (Å²) >= 11 is 0. The van der Waals surface area contributed by atoms with Gasteiger partial charge in [0.25, 0.3) is 0 Å². The fraction of sp³-hybridized carbons (Fsp3) is 0.400. The lowest BCUT2D eigenvalue weighted by molar-refractivity contribution is 0.634.